The monoisotopic (exact) mass is 263 g/mol. The number of carbonyl (C=O) groups is 1. The van der Waals surface area contributed by atoms with E-state index in [1.807, 2.05) is 13.8 Å². The number of ether oxygens (including phenoxy) is 1. The lowest BCUT2D eigenvalue weighted by Gasteiger charge is -2.03. The number of aryl methyl sites for hydroxylation is 3. The van der Waals surface area contributed by atoms with Crippen molar-refractivity contribution < 1.29 is 13.9 Å². The van der Waals surface area contributed by atoms with Gasteiger partial charge in [-0.2, -0.15) is 5.10 Å². The average molecular weight is 263 g/mol. The largest absolute Gasteiger partial charge is 0.465 e. The topological polar surface area (TPSA) is 80.1 Å². The summed E-state index contributed by atoms with van der Waals surface area (Å²) in [5.41, 5.74) is 3.27. The van der Waals surface area contributed by atoms with E-state index < -0.39 is 0 Å². The zero-order chi connectivity index (χ0) is 14.0. The molecule has 0 saturated heterocycles. The van der Waals surface area contributed by atoms with Crippen molar-refractivity contribution >= 4 is 11.7 Å². The van der Waals surface area contributed by atoms with Gasteiger partial charge in [0.2, 0.25) is 0 Å². The normalized spacial score (nSPS) is 10.5. The van der Waals surface area contributed by atoms with Crippen LogP contribution in [0.4, 0.5) is 5.69 Å². The Kier molecular flexibility index (Phi) is 3.59. The molecular weight excluding hydrogens is 246 g/mol. The van der Waals surface area contributed by atoms with E-state index in [1.54, 1.807) is 13.0 Å². The highest BCUT2D eigenvalue weighted by atomic mass is 16.5. The Bertz CT molecular complexity index is 579. The highest BCUT2D eigenvalue weighted by Gasteiger charge is 2.15. The maximum absolute atomic E-state index is 11.5. The first-order chi connectivity index (χ1) is 9.02. The van der Waals surface area contributed by atoms with Crippen molar-refractivity contribution in [3.8, 4) is 0 Å². The van der Waals surface area contributed by atoms with Crippen LogP contribution in [-0.2, 0) is 11.3 Å². The molecule has 2 aromatic rings. The molecule has 19 heavy (non-hydrogen) atoms. The van der Waals surface area contributed by atoms with Gasteiger partial charge < -0.3 is 14.5 Å². The Hall–Kier alpha value is -2.24. The van der Waals surface area contributed by atoms with Crippen LogP contribution in [-0.4, -0.2) is 23.3 Å². The van der Waals surface area contributed by atoms with Gasteiger partial charge in [-0.25, -0.2) is 4.79 Å². The summed E-state index contributed by atoms with van der Waals surface area (Å²) in [6.07, 6.45) is 0. The predicted molar refractivity (Wildman–Crippen MR) is 70.2 cm³/mol. The maximum atomic E-state index is 11.5. The lowest BCUT2D eigenvalue weighted by molar-refractivity contribution is 0.0599. The number of furan rings is 1. The first-order valence-electron chi connectivity index (χ1n) is 5.96. The Morgan fingerprint density at radius 1 is 1.47 bits per heavy atom. The molecule has 0 aliphatic rings. The molecule has 0 aliphatic heterocycles. The van der Waals surface area contributed by atoms with Crippen molar-refractivity contribution in [1.82, 2.24) is 10.2 Å². The molecular formula is C13H17N3O3. The fourth-order valence-electron chi connectivity index (χ4n) is 1.93. The molecule has 2 heterocycles. The van der Waals surface area contributed by atoms with Gasteiger partial charge in [0.1, 0.15) is 17.1 Å². The molecule has 0 bridgehead atoms. The van der Waals surface area contributed by atoms with E-state index in [0.29, 0.717) is 23.6 Å². The molecule has 2 N–H and O–H groups in total. The quantitative estimate of drug-likeness (QED) is 0.827. The summed E-state index contributed by atoms with van der Waals surface area (Å²) in [6.45, 7) is 6.08. The zero-order valence-corrected chi connectivity index (χ0v) is 11.5. The van der Waals surface area contributed by atoms with Crippen LogP contribution in [0.2, 0.25) is 0 Å². The number of hydrogen-bond donors (Lipinski definition) is 2. The minimum absolute atomic E-state index is 0.386. The number of H-pyrrole nitrogens is 1. The summed E-state index contributed by atoms with van der Waals surface area (Å²) < 4.78 is 10.2. The van der Waals surface area contributed by atoms with Gasteiger partial charge in [-0.3, -0.25) is 5.10 Å². The van der Waals surface area contributed by atoms with E-state index >= 15 is 0 Å². The van der Waals surface area contributed by atoms with Crippen molar-refractivity contribution in [3.05, 3.63) is 34.5 Å². The van der Waals surface area contributed by atoms with Gasteiger partial charge in [-0.15, -0.1) is 0 Å². The molecule has 2 rings (SSSR count). The summed E-state index contributed by atoms with van der Waals surface area (Å²) in [7, 11) is 1.35. The summed E-state index contributed by atoms with van der Waals surface area (Å²) in [4.78, 5) is 11.5. The minimum Gasteiger partial charge on any atom is -0.465 e. The highest BCUT2D eigenvalue weighted by Crippen LogP contribution is 2.20. The van der Waals surface area contributed by atoms with Gasteiger partial charge in [0.05, 0.1) is 30.7 Å². The van der Waals surface area contributed by atoms with E-state index in [1.165, 1.54) is 7.11 Å². The van der Waals surface area contributed by atoms with Gasteiger partial charge in [-0.1, -0.05) is 0 Å². The molecule has 0 unspecified atom stereocenters. The van der Waals surface area contributed by atoms with Crippen molar-refractivity contribution in [2.75, 3.05) is 12.4 Å². The Labute approximate surface area is 111 Å². The van der Waals surface area contributed by atoms with Crippen LogP contribution in [0.1, 0.15) is 33.3 Å². The lowest BCUT2D eigenvalue weighted by Crippen LogP contribution is -2.01. The van der Waals surface area contributed by atoms with Gasteiger partial charge in [0, 0.05) is 0 Å². The molecule has 0 saturated carbocycles. The average Bonchev–Trinajstić information content (AvgIpc) is 2.90. The van der Waals surface area contributed by atoms with E-state index in [9.17, 15) is 4.79 Å². The van der Waals surface area contributed by atoms with Crippen LogP contribution in [0, 0.1) is 20.8 Å². The van der Waals surface area contributed by atoms with Crippen molar-refractivity contribution in [2.24, 2.45) is 0 Å². The van der Waals surface area contributed by atoms with Gasteiger partial charge in [0.15, 0.2) is 0 Å². The SMILES string of the molecule is COC(=O)c1cc(CNc2c(C)n[nH]c2C)oc1C. The Morgan fingerprint density at radius 2 is 2.21 bits per heavy atom. The Morgan fingerprint density at radius 3 is 2.79 bits per heavy atom. The first kappa shape index (κ1) is 13.2. The third kappa shape index (κ3) is 2.62. The summed E-state index contributed by atoms with van der Waals surface area (Å²) in [5, 5.41) is 10.2. The number of hydrogen-bond acceptors (Lipinski definition) is 5. The van der Waals surface area contributed by atoms with Gasteiger partial charge in [-0.05, 0) is 26.8 Å². The van der Waals surface area contributed by atoms with Crippen LogP contribution in [0.5, 0.6) is 0 Å². The fourth-order valence-corrected chi connectivity index (χ4v) is 1.93. The summed E-state index contributed by atoms with van der Waals surface area (Å²) in [6, 6.07) is 1.69. The second kappa shape index (κ2) is 5.17. The zero-order valence-electron chi connectivity index (χ0n) is 11.5. The molecule has 102 valence electrons. The van der Waals surface area contributed by atoms with Crippen molar-refractivity contribution in [3.63, 3.8) is 0 Å². The predicted octanol–water partition coefficient (Wildman–Crippen LogP) is 2.33. The van der Waals surface area contributed by atoms with Crippen LogP contribution < -0.4 is 5.32 Å². The standard InChI is InChI=1S/C13H17N3O3/c1-7-12(8(2)16-15-7)14-6-10-5-11(9(3)19-10)13(17)18-4/h5,14H,6H2,1-4H3,(H,15,16). The first-order valence-corrected chi connectivity index (χ1v) is 5.96. The molecule has 6 heteroatoms. The van der Waals surface area contributed by atoms with E-state index in [-0.39, 0.29) is 5.97 Å². The Balaban J connectivity index is 2.11. The lowest BCUT2D eigenvalue weighted by atomic mass is 10.2. The van der Waals surface area contributed by atoms with Crippen molar-refractivity contribution in [2.45, 2.75) is 27.3 Å². The van der Waals surface area contributed by atoms with Gasteiger partial charge in [0.25, 0.3) is 0 Å². The number of anilines is 1. The van der Waals surface area contributed by atoms with E-state index in [2.05, 4.69) is 20.3 Å². The molecule has 0 fully saturated rings. The van der Waals surface area contributed by atoms with Crippen LogP contribution in [0.3, 0.4) is 0 Å². The molecule has 0 spiro atoms. The smallest absolute Gasteiger partial charge is 0.341 e. The fraction of sp³-hybridized carbons (Fsp3) is 0.385. The number of aromatic nitrogens is 2. The molecule has 6 nitrogen and oxygen atoms in total. The minimum atomic E-state index is -0.386. The van der Waals surface area contributed by atoms with Crippen molar-refractivity contribution in [1.29, 1.82) is 0 Å². The second-order valence-electron chi connectivity index (χ2n) is 4.34. The number of rotatable bonds is 4. The molecule has 0 radical (unpaired) electrons. The molecule has 0 amide bonds. The molecule has 2 aromatic heterocycles. The molecule has 0 aliphatic carbocycles. The van der Waals surface area contributed by atoms with Crippen LogP contribution in [0.15, 0.2) is 10.5 Å². The summed E-state index contributed by atoms with van der Waals surface area (Å²) >= 11 is 0. The molecule has 0 aromatic carbocycles. The number of nitrogens with zero attached hydrogens (tertiary/aromatic N) is 1. The number of methoxy groups -OCH3 is 1. The second-order valence-corrected chi connectivity index (χ2v) is 4.34. The third-order valence-electron chi connectivity index (χ3n) is 2.94. The number of aromatic amines is 1. The van der Waals surface area contributed by atoms with Gasteiger partial charge >= 0.3 is 5.97 Å². The van der Waals surface area contributed by atoms with Crippen LogP contribution >= 0.6 is 0 Å². The summed E-state index contributed by atoms with van der Waals surface area (Å²) in [5.74, 6) is 0.852. The van der Waals surface area contributed by atoms with E-state index in [4.69, 9.17) is 4.42 Å². The van der Waals surface area contributed by atoms with Crippen LogP contribution in [0.25, 0.3) is 0 Å². The highest BCUT2D eigenvalue weighted by molar-refractivity contribution is 5.90. The molecule has 0 atom stereocenters. The number of carbonyl (C=O) groups excluding carboxylic acids is 1. The number of nitrogens with one attached hydrogen (secondary N) is 2. The number of esters is 1. The van der Waals surface area contributed by atoms with E-state index in [0.717, 1.165) is 17.1 Å². The maximum Gasteiger partial charge on any atom is 0.341 e. The third-order valence-corrected chi connectivity index (χ3v) is 2.94.